The van der Waals surface area contributed by atoms with Crippen LogP contribution in [0.25, 0.3) is 0 Å². The monoisotopic (exact) mass is 126 g/mol. The van der Waals surface area contributed by atoms with Gasteiger partial charge >= 0.3 is 0 Å². The third-order valence-electron chi connectivity index (χ3n) is 0.874. The minimum Gasteiger partial charge on any atom is -0.387 e. The highest BCUT2D eigenvalue weighted by Crippen LogP contribution is 1.97. The summed E-state index contributed by atoms with van der Waals surface area (Å²) in [5.74, 6) is 1.24. The van der Waals surface area contributed by atoms with E-state index < -0.39 is 0 Å². The van der Waals surface area contributed by atoms with Gasteiger partial charge in [0.2, 0.25) is 0 Å². The smallest absolute Gasteiger partial charge is 0.0991 e. The summed E-state index contributed by atoms with van der Waals surface area (Å²) < 4.78 is 0. The summed E-state index contributed by atoms with van der Waals surface area (Å²) in [4.78, 5) is 3.82. The Kier molecular flexibility index (Phi) is 3.76. The van der Waals surface area contributed by atoms with Gasteiger partial charge in [0, 0.05) is 12.6 Å². The van der Waals surface area contributed by atoms with Crippen LogP contribution in [0.1, 0.15) is 20.3 Å². The molecule has 0 radical (unpaired) electrons. The Labute approximate surface area is 56.5 Å². The Morgan fingerprint density at radius 3 is 2.67 bits per heavy atom. The second-order valence-electron chi connectivity index (χ2n) is 2.40. The molecule has 2 nitrogen and oxygen atoms in total. The molecular formula is C7H14N2. The van der Waals surface area contributed by atoms with E-state index in [0.717, 1.165) is 6.42 Å². The lowest BCUT2D eigenvalue weighted by Gasteiger charge is -2.00. The molecule has 9 heavy (non-hydrogen) atoms. The molecule has 2 N–H and O–H groups in total. The summed E-state index contributed by atoms with van der Waals surface area (Å²) in [5, 5.41) is 0. The lowest BCUT2D eigenvalue weighted by molar-refractivity contribution is 0.681. The Morgan fingerprint density at radius 1 is 1.78 bits per heavy atom. The lowest BCUT2D eigenvalue weighted by atomic mass is 10.1. The van der Waals surface area contributed by atoms with Crippen LogP contribution in [0, 0.1) is 5.92 Å². The number of nitrogens with zero attached hydrogens (tertiary/aromatic N) is 1. The summed E-state index contributed by atoms with van der Waals surface area (Å²) in [5.41, 5.74) is 5.46. The maximum Gasteiger partial charge on any atom is 0.0991 e. The Bertz CT molecular complexity index is 114. The van der Waals surface area contributed by atoms with Gasteiger partial charge in [0.1, 0.15) is 0 Å². The first-order valence-corrected chi connectivity index (χ1v) is 3.10. The van der Waals surface area contributed by atoms with E-state index in [-0.39, 0.29) is 0 Å². The molecule has 2 heteroatoms. The molecule has 0 amide bonds. The molecule has 0 unspecified atom stereocenters. The molecule has 0 heterocycles. The summed E-state index contributed by atoms with van der Waals surface area (Å²) in [6.45, 7) is 7.65. The van der Waals surface area contributed by atoms with Crippen LogP contribution in [-0.4, -0.2) is 5.84 Å². The molecule has 0 atom stereocenters. The number of aliphatic imine (C=N–C) groups is 1. The van der Waals surface area contributed by atoms with Crippen LogP contribution in [0.2, 0.25) is 0 Å². The van der Waals surface area contributed by atoms with Crippen molar-refractivity contribution in [3.05, 3.63) is 12.8 Å². The van der Waals surface area contributed by atoms with Gasteiger partial charge in [-0.05, 0) is 5.92 Å². The van der Waals surface area contributed by atoms with Gasteiger partial charge in [0.15, 0.2) is 0 Å². The van der Waals surface area contributed by atoms with Crippen LogP contribution in [0.15, 0.2) is 17.8 Å². The zero-order chi connectivity index (χ0) is 7.28. The van der Waals surface area contributed by atoms with Crippen molar-refractivity contribution in [2.75, 3.05) is 0 Å². The minimum atomic E-state index is 0.577. The third-order valence-corrected chi connectivity index (χ3v) is 0.874. The molecule has 0 aromatic rings. The third kappa shape index (κ3) is 5.07. The standard InChI is InChI=1S/C7H14N2/c1-4-9-7(8)5-6(2)3/h4,6H,1,5H2,2-3H3,(H2,8,9). The number of nitrogens with two attached hydrogens (primary N) is 1. The fourth-order valence-corrected chi connectivity index (χ4v) is 0.588. The quantitative estimate of drug-likeness (QED) is 0.452. The van der Waals surface area contributed by atoms with E-state index in [0.29, 0.717) is 11.8 Å². The zero-order valence-corrected chi connectivity index (χ0v) is 6.09. The molecule has 0 rings (SSSR count). The van der Waals surface area contributed by atoms with Crippen molar-refractivity contribution in [1.29, 1.82) is 0 Å². The molecule has 0 aromatic carbocycles. The van der Waals surface area contributed by atoms with Gasteiger partial charge in [-0.25, -0.2) is 4.99 Å². The lowest BCUT2D eigenvalue weighted by Crippen LogP contribution is -2.13. The van der Waals surface area contributed by atoms with Crippen LogP contribution in [-0.2, 0) is 0 Å². The van der Waals surface area contributed by atoms with Gasteiger partial charge in [-0.15, -0.1) is 0 Å². The Morgan fingerprint density at radius 2 is 2.33 bits per heavy atom. The SMILES string of the molecule is C=C/N=C(/N)CC(C)C. The van der Waals surface area contributed by atoms with Gasteiger partial charge in [0.05, 0.1) is 5.84 Å². The first kappa shape index (κ1) is 8.21. The van der Waals surface area contributed by atoms with Crippen molar-refractivity contribution in [3.8, 4) is 0 Å². The zero-order valence-electron chi connectivity index (χ0n) is 6.09. The van der Waals surface area contributed by atoms with Crippen molar-refractivity contribution < 1.29 is 0 Å². The maximum absolute atomic E-state index is 5.46. The van der Waals surface area contributed by atoms with Crippen LogP contribution in [0.3, 0.4) is 0 Å². The number of hydrogen-bond acceptors (Lipinski definition) is 1. The number of amidine groups is 1. The second-order valence-corrected chi connectivity index (χ2v) is 2.40. The Balaban J connectivity index is 3.61. The highest BCUT2D eigenvalue weighted by atomic mass is 14.8. The molecule has 52 valence electrons. The molecule has 0 aliphatic carbocycles. The highest BCUT2D eigenvalue weighted by molar-refractivity contribution is 5.80. The molecule has 0 fully saturated rings. The predicted octanol–water partition coefficient (Wildman–Crippen LogP) is 1.53. The highest BCUT2D eigenvalue weighted by Gasteiger charge is 1.94. The topological polar surface area (TPSA) is 38.4 Å². The molecule has 0 saturated heterocycles. The van der Waals surface area contributed by atoms with Gasteiger partial charge in [-0.3, -0.25) is 0 Å². The molecule has 0 aliphatic heterocycles. The van der Waals surface area contributed by atoms with Crippen LogP contribution < -0.4 is 5.73 Å². The molecule has 0 saturated carbocycles. The van der Waals surface area contributed by atoms with E-state index in [2.05, 4.69) is 25.4 Å². The van der Waals surface area contributed by atoms with Crippen molar-refractivity contribution in [1.82, 2.24) is 0 Å². The van der Waals surface area contributed by atoms with Crippen LogP contribution in [0.4, 0.5) is 0 Å². The van der Waals surface area contributed by atoms with E-state index in [1.807, 2.05) is 0 Å². The fourth-order valence-electron chi connectivity index (χ4n) is 0.588. The van der Waals surface area contributed by atoms with E-state index in [1.165, 1.54) is 6.20 Å². The summed E-state index contributed by atoms with van der Waals surface area (Å²) in [6.07, 6.45) is 2.32. The first-order valence-electron chi connectivity index (χ1n) is 3.10. The summed E-state index contributed by atoms with van der Waals surface area (Å²) in [6, 6.07) is 0. The van der Waals surface area contributed by atoms with Crippen molar-refractivity contribution in [3.63, 3.8) is 0 Å². The van der Waals surface area contributed by atoms with E-state index in [9.17, 15) is 0 Å². The second kappa shape index (κ2) is 4.13. The predicted molar refractivity (Wildman–Crippen MR) is 41.3 cm³/mol. The average Bonchev–Trinajstić information content (AvgIpc) is 1.63. The molecule has 0 bridgehead atoms. The average molecular weight is 126 g/mol. The fraction of sp³-hybridized carbons (Fsp3) is 0.571. The van der Waals surface area contributed by atoms with Crippen LogP contribution in [0.5, 0.6) is 0 Å². The van der Waals surface area contributed by atoms with E-state index in [4.69, 9.17) is 5.73 Å². The Hall–Kier alpha value is -0.790. The number of hydrogen-bond donors (Lipinski definition) is 1. The molecule has 0 aliphatic rings. The van der Waals surface area contributed by atoms with Gasteiger partial charge in [0.25, 0.3) is 0 Å². The van der Waals surface area contributed by atoms with Crippen LogP contribution >= 0.6 is 0 Å². The summed E-state index contributed by atoms with van der Waals surface area (Å²) >= 11 is 0. The molecular weight excluding hydrogens is 112 g/mol. The maximum atomic E-state index is 5.46. The number of rotatable bonds is 3. The molecule has 0 spiro atoms. The summed E-state index contributed by atoms with van der Waals surface area (Å²) in [7, 11) is 0. The van der Waals surface area contributed by atoms with Gasteiger partial charge in [-0.1, -0.05) is 20.4 Å². The van der Waals surface area contributed by atoms with E-state index in [1.54, 1.807) is 0 Å². The van der Waals surface area contributed by atoms with Crippen molar-refractivity contribution >= 4 is 5.84 Å². The van der Waals surface area contributed by atoms with Gasteiger partial charge < -0.3 is 5.73 Å². The normalized spacial score (nSPS) is 12.1. The van der Waals surface area contributed by atoms with Crippen molar-refractivity contribution in [2.24, 2.45) is 16.6 Å². The van der Waals surface area contributed by atoms with Crippen molar-refractivity contribution in [2.45, 2.75) is 20.3 Å². The molecule has 0 aromatic heterocycles. The first-order chi connectivity index (χ1) is 4.16. The van der Waals surface area contributed by atoms with E-state index >= 15 is 0 Å². The largest absolute Gasteiger partial charge is 0.387 e. The minimum absolute atomic E-state index is 0.577. The van der Waals surface area contributed by atoms with Gasteiger partial charge in [-0.2, -0.15) is 0 Å².